The van der Waals surface area contributed by atoms with Crippen LogP contribution in [0.2, 0.25) is 0 Å². The smallest absolute Gasteiger partial charge is 0.222 e. The molecule has 1 heterocycles. The van der Waals surface area contributed by atoms with Gasteiger partial charge in [-0.2, -0.15) is 0 Å². The fourth-order valence-corrected chi connectivity index (χ4v) is 3.05. The van der Waals surface area contributed by atoms with Crippen molar-refractivity contribution < 1.29 is 9.53 Å². The van der Waals surface area contributed by atoms with E-state index in [0.717, 1.165) is 19.4 Å². The van der Waals surface area contributed by atoms with Crippen LogP contribution in [-0.2, 0) is 9.53 Å². The molecule has 2 atom stereocenters. The molecule has 0 aromatic heterocycles. The molecule has 92 valence electrons. The van der Waals surface area contributed by atoms with E-state index in [1.54, 1.807) is 7.11 Å². The lowest BCUT2D eigenvalue weighted by Gasteiger charge is -2.39. The van der Waals surface area contributed by atoms with Crippen molar-refractivity contribution in [2.24, 2.45) is 0 Å². The molecule has 0 radical (unpaired) electrons. The predicted octanol–water partition coefficient (Wildman–Crippen LogP) is 0.814. The second-order valence-electron chi connectivity index (χ2n) is 4.95. The van der Waals surface area contributed by atoms with E-state index in [4.69, 9.17) is 4.74 Å². The highest BCUT2D eigenvalue weighted by atomic mass is 16.5. The molecular weight excluding hydrogens is 204 g/mol. The molecule has 1 aliphatic heterocycles. The highest BCUT2D eigenvalue weighted by molar-refractivity contribution is 5.77. The van der Waals surface area contributed by atoms with Gasteiger partial charge >= 0.3 is 0 Å². The fourth-order valence-electron chi connectivity index (χ4n) is 3.05. The van der Waals surface area contributed by atoms with Gasteiger partial charge in [-0.05, 0) is 25.8 Å². The predicted molar refractivity (Wildman–Crippen MR) is 62.2 cm³/mol. The Kier molecular flexibility index (Phi) is 3.82. The van der Waals surface area contributed by atoms with Crippen molar-refractivity contribution in [1.29, 1.82) is 0 Å². The van der Waals surface area contributed by atoms with Gasteiger partial charge in [0.2, 0.25) is 5.91 Å². The summed E-state index contributed by atoms with van der Waals surface area (Å²) in [6, 6.07) is 0.493. The maximum Gasteiger partial charge on any atom is 0.222 e. The quantitative estimate of drug-likeness (QED) is 0.746. The van der Waals surface area contributed by atoms with Gasteiger partial charge < -0.3 is 15.4 Å². The molecular formula is C12H22N2O2. The first-order chi connectivity index (χ1) is 7.77. The van der Waals surface area contributed by atoms with E-state index in [2.05, 4.69) is 10.6 Å². The van der Waals surface area contributed by atoms with Gasteiger partial charge in [0.05, 0.1) is 12.1 Å². The third-order valence-electron chi connectivity index (χ3n) is 3.92. The van der Waals surface area contributed by atoms with Gasteiger partial charge in [-0.1, -0.05) is 12.8 Å². The van der Waals surface area contributed by atoms with Gasteiger partial charge in [-0.3, -0.25) is 4.79 Å². The molecule has 1 saturated heterocycles. The highest BCUT2D eigenvalue weighted by Crippen LogP contribution is 2.34. The van der Waals surface area contributed by atoms with Crippen LogP contribution in [0.1, 0.15) is 38.5 Å². The molecule has 4 nitrogen and oxygen atoms in total. The average Bonchev–Trinajstić information content (AvgIpc) is 2.69. The first-order valence-corrected chi connectivity index (χ1v) is 6.30. The largest absolute Gasteiger partial charge is 0.384 e. The first-order valence-electron chi connectivity index (χ1n) is 6.30. The van der Waals surface area contributed by atoms with Crippen molar-refractivity contribution in [3.05, 3.63) is 0 Å². The zero-order chi connectivity index (χ0) is 11.4. The number of carbonyl (C=O) groups excluding carboxylic acids is 1. The number of rotatable bonds is 4. The summed E-state index contributed by atoms with van der Waals surface area (Å²) in [5.74, 6) is 0.137. The maximum absolute atomic E-state index is 11.8. The lowest BCUT2D eigenvalue weighted by molar-refractivity contribution is -0.124. The van der Waals surface area contributed by atoms with Crippen LogP contribution in [-0.4, -0.2) is 37.7 Å². The monoisotopic (exact) mass is 226 g/mol. The van der Waals surface area contributed by atoms with Gasteiger partial charge in [0.15, 0.2) is 0 Å². The Hall–Kier alpha value is -0.610. The van der Waals surface area contributed by atoms with Crippen LogP contribution in [0.15, 0.2) is 0 Å². The van der Waals surface area contributed by atoms with Crippen LogP contribution in [0.25, 0.3) is 0 Å². The molecule has 2 rings (SSSR count). The fraction of sp³-hybridized carbons (Fsp3) is 0.917. The van der Waals surface area contributed by atoms with Crippen LogP contribution in [0, 0.1) is 0 Å². The summed E-state index contributed by atoms with van der Waals surface area (Å²) < 4.78 is 4.93. The SMILES string of the molecule is COCCC(=O)NC12CCCCC1NCC2. The number of fused-ring (bicyclic) bond motifs is 1. The van der Waals surface area contributed by atoms with Crippen molar-refractivity contribution >= 4 is 5.91 Å². The zero-order valence-electron chi connectivity index (χ0n) is 10.1. The van der Waals surface area contributed by atoms with Gasteiger partial charge in [-0.25, -0.2) is 0 Å². The minimum Gasteiger partial charge on any atom is -0.384 e. The normalized spacial score (nSPS) is 33.4. The Morgan fingerprint density at radius 3 is 3.19 bits per heavy atom. The Balaban J connectivity index is 1.92. The summed E-state index contributed by atoms with van der Waals surface area (Å²) >= 11 is 0. The Morgan fingerprint density at radius 1 is 1.50 bits per heavy atom. The van der Waals surface area contributed by atoms with E-state index in [0.29, 0.717) is 19.1 Å². The molecule has 1 aliphatic carbocycles. The van der Waals surface area contributed by atoms with Crippen LogP contribution in [0.4, 0.5) is 0 Å². The maximum atomic E-state index is 11.8. The molecule has 0 aromatic rings. The molecule has 0 bridgehead atoms. The number of ether oxygens (including phenoxy) is 1. The number of methoxy groups -OCH3 is 1. The molecule has 2 fully saturated rings. The Labute approximate surface area is 97.1 Å². The van der Waals surface area contributed by atoms with Crippen LogP contribution < -0.4 is 10.6 Å². The second-order valence-corrected chi connectivity index (χ2v) is 4.95. The number of hydrogen-bond donors (Lipinski definition) is 2. The molecule has 4 heteroatoms. The summed E-state index contributed by atoms with van der Waals surface area (Å²) in [6.07, 6.45) is 6.41. The van der Waals surface area contributed by atoms with Crippen molar-refractivity contribution in [3.63, 3.8) is 0 Å². The van der Waals surface area contributed by atoms with Gasteiger partial charge in [0.1, 0.15) is 0 Å². The minimum absolute atomic E-state index is 0.0447. The molecule has 1 saturated carbocycles. The van der Waals surface area contributed by atoms with E-state index in [-0.39, 0.29) is 11.4 Å². The topological polar surface area (TPSA) is 50.4 Å². The van der Waals surface area contributed by atoms with E-state index >= 15 is 0 Å². The highest BCUT2D eigenvalue weighted by Gasteiger charge is 2.44. The summed E-state index contributed by atoms with van der Waals surface area (Å²) in [6.45, 7) is 1.55. The van der Waals surface area contributed by atoms with Crippen LogP contribution in [0.3, 0.4) is 0 Å². The summed E-state index contributed by atoms with van der Waals surface area (Å²) in [4.78, 5) is 11.8. The minimum atomic E-state index is 0.0447. The van der Waals surface area contributed by atoms with Crippen LogP contribution >= 0.6 is 0 Å². The Bertz CT molecular complexity index is 257. The molecule has 0 aromatic carbocycles. The van der Waals surface area contributed by atoms with Crippen molar-refractivity contribution in [1.82, 2.24) is 10.6 Å². The van der Waals surface area contributed by atoms with Gasteiger partial charge in [-0.15, -0.1) is 0 Å². The van der Waals surface area contributed by atoms with Crippen molar-refractivity contribution in [2.45, 2.75) is 50.1 Å². The van der Waals surface area contributed by atoms with Gasteiger partial charge in [0.25, 0.3) is 0 Å². The number of amides is 1. The van der Waals surface area contributed by atoms with E-state index in [1.165, 1.54) is 19.3 Å². The van der Waals surface area contributed by atoms with Crippen LogP contribution in [0.5, 0.6) is 0 Å². The second kappa shape index (κ2) is 5.15. The number of nitrogens with one attached hydrogen (secondary N) is 2. The number of hydrogen-bond acceptors (Lipinski definition) is 3. The van der Waals surface area contributed by atoms with E-state index < -0.39 is 0 Å². The first kappa shape index (κ1) is 11.9. The lowest BCUT2D eigenvalue weighted by Crippen LogP contribution is -2.57. The summed E-state index contributed by atoms with van der Waals surface area (Å²) in [5, 5.41) is 6.76. The van der Waals surface area contributed by atoms with Crippen molar-refractivity contribution in [3.8, 4) is 0 Å². The number of carbonyl (C=O) groups is 1. The van der Waals surface area contributed by atoms with Crippen molar-refractivity contribution in [2.75, 3.05) is 20.3 Å². The molecule has 2 unspecified atom stereocenters. The van der Waals surface area contributed by atoms with E-state index in [1.807, 2.05) is 0 Å². The summed E-state index contributed by atoms with van der Waals surface area (Å²) in [5.41, 5.74) is 0.0447. The molecule has 2 aliphatic rings. The molecule has 0 spiro atoms. The van der Waals surface area contributed by atoms with Gasteiger partial charge in [0, 0.05) is 19.6 Å². The average molecular weight is 226 g/mol. The van der Waals surface area contributed by atoms with E-state index in [9.17, 15) is 4.79 Å². The third kappa shape index (κ3) is 2.38. The standard InChI is InChI=1S/C12H22N2O2/c1-16-9-5-11(15)14-12-6-3-2-4-10(12)13-8-7-12/h10,13H,2-9H2,1H3,(H,14,15). The Morgan fingerprint density at radius 2 is 2.38 bits per heavy atom. The molecule has 2 N–H and O–H groups in total. The molecule has 16 heavy (non-hydrogen) atoms. The molecule has 1 amide bonds. The lowest BCUT2D eigenvalue weighted by atomic mass is 9.78. The zero-order valence-corrected chi connectivity index (χ0v) is 10.1. The summed E-state index contributed by atoms with van der Waals surface area (Å²) in [7, 11) is 1.63. The third-order valence-corrected chi connectivity index (χ3v) is 3.92.